The second-order valence-corrected chi connectivity index (χ2v) is 4.01. The third kappa shape index (κ3) is 4.40. The first-order valence-corrected chi connectivity index (χ1v) is 5.46. The molecule has 0 heterocycles. The molecule has 1 fully saturated rings. The minimum Gasteiger partial charge on any atom is -0.312 e. The van der Waals surface area contributed by atoms with Crippen LogP contribution in [0.2, 0.25) is 0 Å². The molecule has 0 aromatic carbocycles. The van der Waals surface area contributed by atoms with E-state index in [4.69, 9.17) is 0 Å². The maximum Gasteiger partial charge on any atom is 0.0712 e. The lowest BCUT2D eigenvalue weighted by Gasteiger charge is -2.47. The minimum absolute atomic E-state index is 0.536. The van der Waals surface area contributed by atoms with Crippen LogP contribution in [0, 0.1) is 5.92 Å². The van der Waals surface area contributed by atoms with Gasteiger partial charge in [0.25, 0.3) is 0 Å². The molecule has 0 unspecified atom stereocenters. The van der Waals surface area contributed by atoms with Gasteiger partial charge in [0.2, 0.25) is 0 Å². The highest BCUT2D eigenvalue weighted by molar-refractivity contribution is 4.97. The van der Waals surface area contributed by atoms with Crippen molar-refractivity contribution in [2.75, 3.05) is 20.8 Å². The van der Waals surface area contributed by atoms with E-state index in [1.54, 1.807) is 0 Å². The van der Waals surface area contributed by atoms with Crippen LogP contribution >= 0.6 is 0 Å². The van der Waals surface area contributed by atoms with Gasteiger partial charge in [-0.1, -0.05) is 20.8 Å². The van der Waals surface area contributed by atoms with Crippen LogP contribution in [0.1, 0.15) is 40.0 Å². The fraction of sp³-hybridized carbons (Fsp3) is 1.00. The smallest absolute Gasteiger partial charge is 0.0712 e. The first kappa shape index (κ1) is 13.9. The quantitative estimate of drug-likeness (QED) is 0.562. The lowest BCUT2D eigenvalue weighted by atomic mass is 9.68. The zero-order chi connectivity index (χ0) is 11.0. The predicted octanol–water partition coefficient (Wildman–Crippen LogP) is 2.37. The summed E-state index contributed by atoms with van der Waals surface area (Å²) in [5.74, 6) is 0.957. The van der Waals surface area contributed by atoms with E-state index in [0.717, 1.165) is 12.5 Å². The Morgan fingerprint density at radius 1 is 1.21 bits per heavy atom. The van der Waals surface area contributed by atoms with Gasteiger partial charge in [-0.05, 0) is 31.7 Å². The SMILES string of the molecule is CCNC1(CC)CC(C)C1.COOC. The third-order valence-corrected chi connectivity index (χ3v) is 2.87. The summed E-state index contributed by atoms with van der Waals surface area (Å²) in [6, 6.07) is 0. The highest BCUT2D eigenvalue weighted by atomic mass is 17.2. The Kier molecular flexibility index (Phi) is 7.15. The number of hydrogen-bond donors (Lipinski definition) is 1. The number of rotatable bonds is 4. The standard InChI is InChI=1S/C9H19N.C2H6O2/c1-4-9(10-5-2)6-8(3)7-9;1-3-4-2/h8,10H,4-7H2,1-3H3;1-2H3. The molecule has 1 aliphatic rings. The summed E-state index contributed by atoms with van der Waals surface area (Å²) in [4.78, 5) is 8.08. The normalized spacial score (nSPS) is 30.2. The lowest BCUT2D eigenvalue weighted by molar-refractivity contribution is -0.248. The average Bonchev–Trinajstić information content (AvgIpc) is 2.16. The molecule has 0 aliphatic heterocycles. The van der Waals surface area contributed by atoms with Crippen molar-refractivity contribution in [1.29, 1.82) is 0 Å². The molecular weight excluding hydrogens is 178 g/mol. The van der Waals surface area contributed by atoms with Gasteiger partial charge < -0.3 is 5.32 Å². The second-order valence-electron chi connectivity index (χ2n) is 4.01. The van der Waals surface area contributed by atoms with Crippen molar-refractivity contribution < 1.29 is 9.78 Å². The van der Waals surface area contributed by atoms with Crippen molar-refractivity contribution in [2.45, 2.75) is 45.6 Å². The van der Waals surface area contributed by atoms with Crippen LogP contribution in [0.25, 0.3) is 0 Å². The Morgan fingerprint density at radius 2 is 1.71 bits per heavy atom. The van der Waals surface area contributed by atoms with E-state index in [-0.39, 0.29) is 0 Å². The van der Waals surface area contributed by atoms with E-state index in [2.05, 4.69) is 35.9 Å². The number of nitrogens with one attached hydrogen (secondary N) is 1. The van der Waals surface area contributed by atoms with Gasteiger partial charge in [-0.3, -0.25) is 0 Å². The molecular formula is C11H25NO2. The first-order valence-electron chi connectivity index (χ1n) is 5.46. The molecule has 0 spiro atoms. The Morgan fingerprint density at radius 3 is 1.93 bits per heavy atom. The van der Waals surface area contributed by atoms with E-state index >= 15 is 0 Å². The summed E-state index contributed by atoms with van der Waals surface area (Å²) in [5.41, 5.74) is 0.536. The van der Waals surface area contributed by atoms with Crippen LogP contribution in [0.3, 0.4) is 0 Å². The fourth-order valence-electron chi connectivity index (χ4n) is 2.21. The monoisotopic (exact) mass is 203 g/mol. The molecule has 0 amide bonds. The summed E-state index contributed by atoms with van der Waals surface area (Å²) in [5, 5.41) is 3.58. The average molecular weight is 203 g/mol. The highest BCUT2D eigenvalue weighted by Crippen LogP contribution is 2.39. The van der Waals surface area contributed by atoms with E-state index in [9.17, 15) is 0 Å². The summed E-state index contributed by atoms with van der Waals surface area (Å²) in [6.45, 7) is 7.95. The molecule has 0 aromatic rings. The second kappa shape index (κ2) is 7.21. The number of hydrogen-bond acceptors (Lipinski definition) is 3. The van der Waals surface area contributed by atoms with Crippen molar-refractivity contribution in [2.24, 2.45) is 5.92 Å². The van der Waals surface area contributed by atoms with E-state index in [0.29, 0.717) is 5.54 Å². The lowest BCUT2D eigenvalue weighted by Crippen LogP contribution is -2.54. The van der Waals surface area contributed by atoms with E-state index in [1.807, 2.05) is 0 Å². The van der Waals surface area contributed by atoms with Crippen LogP contribution in [-0.2, 0) is 9.78 Å². The maximum atomic E-state index is 4.04. The van der Waals surface area contributed by atoms with Gasteiger partial charge >= 0.3 is 0 Å². The van der Waals surface area contributed by atoms with Gasteiger partial charge in [-0.2, -0.15) is 0 Å². The Bertz CT molecular complexity index is 126. The molecule has 1 saturated carbocycles. The fourth-order valence-corrected chi connectivity index (χ4v) is 2.21. The molecule has 3 heteroatoms. The van der Waals surface area contributed by atoms with Gasteiger partial charge in [0, 0.05) is 5.54 Å². The highest BCUT2D eigenvalue weighted by Gasteiger charge is 2.39. The zero-order valence-electron chi connectivity index (χ0n) is 10.2. The van der Waals surface area contributed by atoms with Gasteiger partial charge in [-0.15, -0.1) is 0 Å². The largest absolute Gasteiger partial charge is 0.312 e. The Balaban J connectivity index is 0.000000364. The van der Waals surface area contributed by atoms with Crippen LogP contribution in [0.4, 0.5) is 0 Å². The van der Waals surface area contributed by atoms with Crippen LogP contribution in [-0.4, -0.2) is 26.3 Å². The van der Waals surface area contributed by atoms with Gasteiger partial charge in [0.1, 0.15) is 0 Å². The topological polar surface area (TPSA) is 30.5 Å². The van der Waals surface area contributed by atoms with Gasteiger partial charge in [-0.25, -0.2) is 9.78 Å². The molecule has 0 saturated heterocycles. The van der Waals surface area contributed by atoms with E-state index < -0.39 is 0 Å². The predicted molar refractivity (Wildman–Crippen MR) is 59.1 cm³/mol. The van der Waals surface area contributed by atoms with Crippen molar-refractivity contribution in [3.05, 3.63) is 0 Å². The van der Waals surface area contributed by atoms with Crippen LogP contribution < -0.4 is 5.32 Å². The summed E-state index contributed by atoms with van der Waals surface area (Å²) >= 11 is 0. The molecule has 1 rings (SSSR count). The molecule has 0 aromatic heterocycles. The van der Waals surface area contributed by atoms with Crippen molar-refractivity contribution in [3.8, 4) is 0 Å². The molecule has 0 radical (unpaired) electrons. The van der Waals surface area contributed by atoms with Crippen molar-refractivity contribution >= 4 is 0 Å². The van der Waals surface area contributed by atoms with Gasteiger partial charge in [0.15, 0.2) is 0 Å². The summed E-state index contributed by atoms with van der Waals surface area (Å²) in [7, 11) is 2.92. The molecule has 3 nitrogen and oxygen atoms in total. The Labute approximate surface area is 88.1 Å². The molecule has 0 atom stereocenters. The molecule has 14 heavy (non-hydrogen) atoms. The van der Waals surface area contributed by atoms with E-state index in [1.165, 1.54) is 33.5 Å². The first-order chi connectivity index (χ1) is 6.64. The minimum atomic E-state index is 0.536. The zero-order valence-corrected chi connectivity index (χ0v) is 10.2. The maximum absolute atomic E-state index is 4.04. The van der Waals surface area contributed by atoms with Crippen molar-refractivity contribution in [1.82, 2.24) is 5.32 Å². The van der Waals surface area contributed by atoms with Crippen LogP contribution in [0.5, 0.6) is 0 Å². The van der Waals surface area contributed by atoms with Crippen LogP contribution in [0.15, 0.2) is 0 Å². The molecule has 1 aliphatic carbocycles. The summed E-state index contributed by atoms with van der Waals surface area (Å²) < 4.78 is 0. The third-order valence-electron chi connectivity index (χ3n) is 2.87. The molecule has 1 N–H and O–H groups in total. The molecule has 0 bridgehead atoms. The van der Waals surface area contributed by atoms with Crippen molar-refractivity contribution in [3.63, 3.8) is 0 Å². The van der Waals surface area contributed by atoms with Gasteiger partial charge in [0.05, 0.1) is 14.2 Å². The Hall–Kier alpha value is -0.120. The molecule has 86 valence electrons. The summed E-state index contributed by atoms with van der Waals surface area (Å²) in [6.07, 6.45) is 4.07.